The van der Waals surface area contributed by atoms with E-state index in [9.17, 15) is 4.79 Å². The maximum atomic E-state index is 12.1. The largest absolute Gasteiger partial charge is 0.356 e. The first-order valence-electron chi connectivity index (χ1n) is 7.17. The molecule has 3 nitrogen and oxygen atoms in total. The van der Waals surface area contributed by atoms with Gasteiger partial charge in [-0.15, -0.1) is 0 Å². The first-order chi connectivity index (χ1) is 8.18. The highest BCUT2D eigenvalue weighted by Crippen LogP contribution is 2.31. The molecule has 2 N–H and O–H groups in total. The summed E-state index contributed by atoms with van der Waals surface area (Å²) in [5.74, 6) is 2.52. The molecule has 4 unspecified atom stereocenters. The molecule has 0 radical (unpaired) electrons. The molecular formula is C14H26N2O. The van der Waals surface area contributed by atoms with Crippen LogP contribution in [0.4, 0.5) is 0 Å². The Labute approximate surface area is 105 Å². The summed E-state index contributed by atoms with van der Waals surface area (Å²) in [6, 6.07) is 0. The molecule has 2 rings (SSSR count). The Balaban J connectivity index is 1.75. The molecule has 0 aromatic heterocycles. The summed E-state index contributed by atoms with van der Waals surface area (Å²) < 4.78 is 0. The minimum absolute atomic E-state index is 0.284. The van der Waals surface area contributed by atoms with Gasteiger partial charge in [0.05, 0.1) is 0 Å². The van der Waals surface area contributed by atoms with Crippen molar-refractivity contribution in [3.63, 3.8) is 0 Å². The lowest BCUT2D eigenvalue weighted by Gasteiger charge is -2.30. The molecule has 1 amide bonds. The van der Waals surface area contributed by atoms with Crippen LogP contribution in [0.2, 0.25) is 0 Å². The summed E-state index contributed by atoms with van der Waals surface area (Å²) >= 11 is 0. The monoisotopic (exact) mass is 238 g/mol. The van der Waals surface area contributed by atoms with Gasteiger partial charge in [0.2, 0.25) is 5.91 Å². The van der Waals surface area contributed by atoms with Gasteiger partial charge >= 0.3 is 0 Å². The molecule has 0 bridgehead atoms. The van der Waals surface area contributed by atoms with Crippen molar-refractivity contribution in [2.24, 2.45) is 23.7 Å². The second-order valence-corrected chi connectivity index (χ2v) is 5.99. The molecular weight excluding hydrogens is 212 g/mol. The van der Waals surface area contributed by atoms with Crippen LogP contribution in [-0.4, -0.2) is 25.5 Å². The minimum atomic E-state index is 0.284. The van der Waals surface area contributed by atoms with Gasteiger partial charge in [-0.2, -0.15) is 0 Å². The lowest BCUT2D eigenvalue weighted by Crippen LogP contribution is -2.42. The minimum Gasteiger partial charge on any atom is -0.356 e. The van der Waals surface area contributed by atoms with E-state index in [0.717, 1.165) is 26.1 Å². The van der Waals surface area contributed by atoms with Crippen LogP contribution in [0.1, 0.15) is 39.5 Å². The van der Waals surface area contributed by atoms with Crippen LogP contribution in [0, 0.1) is 23.7 Å². The highest BCUT2D eigenvalue weighted by molar-refractivity contribution is 5.79. The number of amides is 1. The molecule has 3 heteroatoms. The van der Waals surface area contributed by atoms with Crippen LogP contribution in [0.5, 0.6) is 0 Å². The topological polar surface area (TPSA) is 41.1 Å². The average molecular weight is 238 g/mol. The van der Waals surface area contributed by atoms with E-state index < -0.39 is 0 Å². The van der Waals surface area contributed by atoms with Gasteiger partial charge in [-0.1, -0.05) is 20.3 Å². The second-order valence-electron chi connectivity index (χ2n) is 5.99. The molecule has 1 aliphatic carbocycles. The summed E-state index contributed by atoms with van der Waals surface area (Å²) in [5.41, 5.74) is 0. The number of piperidine rings is 1. The maximum absolute atomic E-state index is 12.1. The number of hydrogen-bond acceptors (Lipinski definition) is 2. The molecule has 1 aliphatic heterocycles. The lowest BCUT2D eigenvalue weighted by atomic mass is 9.87. The zero-order valence-electron chi connectivity index (χ0n) is 11.2. The molecule has 0 aromatic carbocycles. The van der Waals surface area contributed by atoms with Gasteiger partial charge in [0.1, 0.15) is 0 Å². The standard InChI is InChI=1S/C14H26N2O/c1-10-4-3-5-13(10)14(17)16-9-12-6-7-15-8-11(12)2/h10-13,15H,3-9H2,1-2H3,(H,16,17). The Kier molecular flexibility index (Phi) is 4.43. The smallest absolute Gasteiger partial charge is 0.223 e. The van der Waals surface area contributed by atoms with Crippen molar-refractivity contribution >= 4 is 5.91 Å². The van der Waals surface area contributed by atoms with Crippen LogP contribution in [0.25, 0.3) is 0 Å². The Morgan fingerprint density at radius 2 is 2.06 bits per heavy atom. The third-order valence-electron chi connectivity index (χ3n) is 4.70. The van der Waals surface area contributed by atoms with Gasteiger partial charge in [-0.25, -0.2) is 0 Å². The van der Waals surface area contributed by atoms with E-state index in [1.165, 1.54) is 19.3 Å². The fourth-order valence-electron chi connectivity index (χ4n) is 3.27. The van der Waals surface area contributed by atoms with E-state index in [1.807, 2.05) is 0 Å². The molecule has 4 atom stereocenters. The summed E-state index contributed by atoms with van der Waals surface area (Å²) in [7, 11) is 0. The molecule has 0 aromatic rings. The predicted molar refractivity (Wildman–Crippen MR) is 69.7 cm³/mol. The number of hydrogen-bond donors (Lipinski definition) is 2. The lowest BCUT2D eigenvalue weighted by molar-refractivity contribution is -0.126. The fraction of sp³-hybridized carbons (Fsp3) is 0.929. The Morgan fingerprint density at radius 3 is 2.71 bits per heavy atom. The normalized spacial score (nSPS) is 38.0. The Morgan fingerprint density at radius 1 is 1.24 bits per heavy atom. The summed E-state index contributed by atoms with van der Waals surface area (Å²) in [6.07, 6.45) is 4.74. The van der Waals surface area contributed by atoms with Crippen molar-refractivity contribution in [3.8, 4) is 0 Å². The highest BCUT2D eigenvalue weighted by atomic mass is 16.1. The van der Waals surface area contributed by atoms with E-state index in [0.29, 0.717) is 23.7 Å². The van der Waals surface area contributed by atoms with Crippen LogP contribution >= 0.6 is 0 Å². The van der Waals surface area contributed by atoms with E-state index in [1.54, 1.807) is 0 Å². The van der Waals surface area contributed by atoms with Gasteiger partial charge in [-0.05, 0) is 50.1 Å². The first-order valence-corrected chi connectivity index (χ1v) is 7.17. The Bertz CT molecular complexity index is 267. The number of carbonyl (C=O) groups is 1. The van der Waals surface area contributed by atoms with Crippen molar-refractivity contribution in [2.45, 2.75) is 39.5 Å². The zero-order valence-corrected chi connectivity index (χ0v) is 11.2. The molecule has 2 aliphatic rings. The van der Waals surface area contributed by atoms with Gasteiger partial charge in [0, 0.05) is 12.5 Å². The van der Waals surface area contributed by atoms with Gasteiger partial charge in [0.15, 0.2) is 0 Å². The van der Waals surface area contributed by atoms with Crippen LogP contribution in [-0.2, 0) is 4.79 Å². The third kappa shape index (κ3) is 3.21. The SMILES string of the molecule is CC1CNCCC1CNC(=O)C1CCCC1C. The zero-order chi connectivity index (χ0) is 12.3. The predicted octanol–water partition coefficient (Wildman–Crippen LogP) is 1.78. The van der Waals surface area contributed by atoms with Crippen molar-refractivity contribution < 1.29 is 4.79 Å². The summed E-state index contributed by atoms with van der Waals surface area (Å²) in [6.45, 7) is 7.57. The molecule has 98 valence electrons. The number of carbonyl (C=O) groups excluding carboxylic acids is 1. The third-order valence-corrected chi connectivity index (χ3v) is 4.70. The fourth-order valence-corrected chi connectivity index (χ4v) is 3.27. The molecule has 1 saturated carbocycles. The van der Waals surface area contributed by atoms with E-state index in [-0.39, 0.29) is 5.92 Å². The molecule has 1 saturated heterocycles. The van der Waals surface area contributed by atoms with Crippen molar-refractivity contribution in [1.29, 1.82) is 0 Å². The van der Waals surface area contributed by atoms with E-state index in [4.69, 9.17) is 0 Å². The van der Waals surface area contributed by atoms with Crippen molar-refractivity contribution in [1.82, 2.24) is 10.6 Å². The van der Waals surface area contributed by atoms with Crippen molar-refractivity contribution in [2.75, 3.05) is 19.6 Å². The first kappa shape index (κ1) is 12.9. The second kappa shape index (κ2) is 5.85. The number of nitrogens with one attached hydrogen (secondary N) is 2. The van der Waals surface area contributed by atoms with E-state index >= 15 is 0 Å². The van der Waals surface area contributed by atoms with Crippen LogP contribution in [0.15, 0.2) is 0 Å². The Hall–Kier alpha value is -0.570. The summed E-state index contributed by atoms with van der Waals surface area (Å²) in [4.78, 5) is 12.1. The molecule has 1 heterocycles. The van der Waals surface area contributed by atoms with Gasteiger partial charge in [-0.3, -0.25) is 4.79 Å². The maximum Gasteiger partial charge on any atom is 0.223 e. The molecule has 2 fully saturated rings. The molecule has 0 spiro atoms. The highest BCUT2D eigenvalue weighted by Gasteiger charge is 2.30. The van der Waals surface area contributed by atoms with Gasteiger partial charge in [0.25, 0.3) is 0 Å². The van der Waals surface area contributed by atoms with Crippen molar-refractivity contribution in [3.05, 3.63) is 0 Å². The average Bonchev–Trinajstić information content (AvgIpc) is 2.74. The van der Waals surface area contributed by atoms with Crippen LogP contribution < -0.4 is 10.6 Å². The van der Waals surface area contributed by atoms with Crippen LogP contribution in [0.3, 0.4) is 0 Å². The molecule has 17 heavy (non-hydrogen) atoms. The number of rotatable bonds is 3. The summed E-state index contributed by atoms with van der Waals surface area (Å²) in [5, 5.41) is 6.59. The quantitative estimate of drug-likeness (QED) is 0.787. The van der Waals surface area contributed by atoms with Gasteiger partial charge < -0.3 is 10.6 Å². The van der Waals surface area contributed by atoms with E-state index in [2.05, 4.69) is 24.5 Å².